The highest BCUT2D eigenvalue weighted by Gasteiger charge is 2.28. The van der Waals surface area contributed by atoms with Crippen LogP contribution in [0.1, 0.15) is 30.0 Å². The molecule has 136 valence electrons. The van der Waals surface area contributed by atoms with Crippen LogP contribution in [0, 0.1) is 0 Å². The fourth-order valence-corrected chi connectivity index (χ4v) is 3.97. The SMILES string of the molecule is COP(=O)(CC(=O)CC(CCc1ccccc1)c1cccn1C)OC. The Morgan fingerprint density at radius 2 is 1.80 bits per heavy atom. The maximum Gasteiger partial charge on any atom is 0.337 e. The zero-order valence-corrected chi connectivity index (χ0v) is 15.9. The highest BCUT2D eigenvalue weighted by molar-refractivity contribution is 7.54. The zero-order chi connectivity index (χ0) is 18.3. The molecule has 1 aromatic carbocycles. The van der Waals surface area contributed by atoms with Crippen LogP contribution in [-0.2, 0) is 31.9 Å². The third kappa shape index (κ3) is 5.67. The average Bonchev–Trinajstić information content (AvgIpc) is 3.05. The Morgan fingerprint density at radius 1 is 1.12 bits per heavy atom. The summed E-state index contributed by atoms with van der Waals surface area (Å²) in [6.45, 7) is 0. The molecule has 6 heteroatoms. The molecule has 1 atom stereocenters. The standard InChI is InChI=1S/C19H26NO4P/c1-20-13-7-10-19(20)17(12-11-16-8-5-4-6-9-16)14-18(21)15-25(22,23-2)24-3/h4-10,13,17H,11-12,14-15H2,1-3H3. The Bertz CT molecular complexity index is 718. The highest BCUT2D eigenvalue weighted by atomic mass is 31.2. The van der Waals surface area contributed by atoms with Crippen molar-refractivity contribution >= 4 is 13.4 Å². The van der Waals surface area contributed by atoms with Crippen LogP contribution in [0.3, 0.4) is 0 Å². The summed E-state index contributed by atoms with van der Waals surface area (Å²) < 4.78 is 24.0. The fraction of sp³-hybridized carbons (Fsp3) is 0.421. The van der Waals surface area contributed by atoms with Gasteiger partial charge in [-0.3, -0.25) is 9.36 Å². The van der Waals surface area contributed by atoms with Gasteiger partial charge in [-0.25, -0.2) is 0 Å². The third-order valence-electron chi connectivity index (χ3n) is 4.43. The van der Waals surface area contributed by atoms with Gasteiger partial charge in [-0.1, -0.05) is 30.3 Å². The van der Waals surface area contributed by atoms with Crippen LogP contribution in [0.15, 0.2) is 48.7 Å². The molecule has 0 aliphatic rings. The number of nitrogens with zero attached hydrogens (tertiary/aromatic N) is 1. The lowest BCUT2D eigenvalue weighted by atomic mass is 9.92. The van der Waals surface area contributed by atoms with Gasteiger partial charge in [0, 0.05) is 45.5 Å². The van der Waals surface area contributed by atoms with Crippen molar-refractivity contribution < 1.29 is 18.4 Å². The summed E-state index contributed by atoms with van der Waals surface area (Å²) >= 11 is 0. The Kier molecular flexibility index (Phi) is 7.18. The average molecular weight is 363 g/mol. The van der Waals surface area contributed by atoms with E-state index in [0.717, 1.165) is 18.5 Å². The van der Waals surface area contributed by atoms with Crippen LogP contribution in [-0.4, -0.2) is 30.7 Å². The van der Waals surface area contributed by atoms with E-state index in [1.165, 1.54) is 19.8 Å². The first-order valence-electron chi connectivity index (χ1n) is 8.35. The molecule has 0 spiro atoms. The topological polar surface area (TPSA) is 57.5 Å². The lowest BCUT2D eigenvalue weighted by Crippen LogP contribution is -2.15. The number of hydrogen-bond acceptors (Lipinski definition) is 4. The maximum absolute atomic E-state index is 12.5. The Hall–Kier alpha value is -1.68. The number of carbonyl (C=O) groups is 1. The van der Waals surface area contributed by atoms with Crippen molar-refractivity contribution in [3.05, 3.63) is 59.9 Å². The van der Waals surface area contributed by atoms with E-state index in [-0.39, 0.29) is 17.9 Å². The lowest BCUT2D eigenvalue weighted by Gasteiger charge is -2.19. The van der Waals surface area contributed by atoms with Gasteiger partial charge in [0.25, 0.3) is 0 Å². The second kappa shape index (κ2) is 9.14. The van der Waals surface area contributed by atoms with Crippen LogP contribution in [0.2, 0.25) is 0 Å². The van der Waals surface area contributed by atoms with E-state index in [1.54, 1.807) is 0 Å². The summed E-state index contributed by atoms with van der Waals surface area (Å²) in [5.74, 6) is -0.0406. The van der Waals surface area contributed by atoms with Crippen molar-refractivity contribution in [2.24, 2.45) is 7.05 Å². The van der Waals surface area contributed by atoms with E-state index in [4.69, 9.17) is 9.05 Å². The predicted octanol–water partition coefficient (Wildman–Crippen LogP) is 4.19. The Morgan fingerprint density at radius 3 is 2.36 bits per heavy atom. The number of aryl methyl sites for hydroxylation is 2. The monoisotopic (exact) mass is 363 g/mol. The van der Waals surface area contributed by atoms with Gasteiger partial charge < -0.3 is 13.6 Å². The molecule has 0 saturated heterocycles. The van der Waals surface area contributed by atoms with E-state index in [0.29, 0.717) is 6.42 Å². The number of hydrogen-bond donors (Lipinski definition) is 0. The molecule has 5 nitrogen and oxygen atoms in total. The van der Waals surface area contributed by atoms with Crippen molar-refractivity contribution in [2.75, 3.05) is 20.4 Å². The number of rotatable bonds is 10. The maximum atomic E-state index is 12.5. The van der Waals surface area contributed by atoms with Crippen molar-refractivity contribution in [2.45, 2.75) is 25.2 Å². The van der Waals surface area contributed by atoms with E-state index in [2.05, 4.69) is 12.1 Å². The Balaban J connectivity index is 2.08. The number of carbonyl (C=O) groups excluding carboxylic acids is 1. The zero-order valence-electron chi connectivity index (χ0n) is 15.1. The molecule has 1 unspecified atom stereocenters. The normalized spacial score (nSPS) is 12.9. The molecule has 2 aromatic rings. The Labute approximate surface area is 149 Å². The van der Waals surface area contributed by atoms with Gasteiger partial charge in [0.05, 0.1) is 0 Å². The summed E-state index contributed by atoms with van der Waals surface area (Å²) in [6.07, 6.45) is 3.84. The minimum absolute atomic E-state index is 0.0647. The number of benzene rings is 1. The van der Waals surface area contributed by atoms with Gasteiger partial charge in [-0.2, -0.15) is 0 Å². The molecule has 0 fully saturated rings. The smallest absolute Gasteiger partial charge is 0.337 e. The summed E-state index contributed by atoms with van der Waals surface area (Å²) in [4.78, 5) is 12.5. The summed E-state index contributed by atoms with van der Waals surface area (Å²) in [6, 6.07) is 14.2. The molecule has 0 N–H and O–H groups in total. The molecule has 2 rings (SSSR count). The first kappa shape index (κ1) is 19.6. The quantitative estimate of drug-likeness (QED) is 0.594. The van der Waals surface area contributed by atoms with Crippen LogP contribution in [0.4, 0.5) is 0 Å². The molecule has 0 radical (unpaired) electrons. The van der Waals surface area contributed by atoms with Crippen LogP contribution < -0.4 is 0 Å². The van der Waals surface area contributed by atoms with Gasteiger partial charge in [0.15, 0.2) is 0 Å². The fourth-order valence-electron chi connectivity index (χ4n) is 3.00. The van der Waals surface area contributed by atoms with Gasteiger partial charge in [0.2, 0.25) is 0 Å². The van der Waals surface area contributed by atoms with Crippen molar-refractivity contribution in [1.82, 2.24) is 4.57 Å². The van der Waals surface area contributed by atoms with Crippen molar-refractivity contribution in [3.63, 3.8) is 0 Å². The molecule has 1 aromatic heterocycles. The minimum Gasteiger partial charge on any atom is -0.354 e. The van der Waals surface area contributed by atoms with E-state index in [9.17, 15) is 9.36 Å². The van der Waals surface area contributed by atoms with Crippen molar-refractivity contribution in [1.29, 1.82) is 0 Å². The third-order valence-corrected chi connectivity index (χ3v) is 6.28. The van der Waals surface area contributed by atoms with Gasteiger partial charge in [-0.15, -0.1) is 0 Å². The van der Waals surface area contributed by atoms with Crippen LogP contribution in [0.25, 0.3) is 0 Å². The molecule has 0 saturated carbocycles. The second-order valence-electron chi connectivity index (χ2n) is 6.14. The molecular weight excluding hydrogens is 337 g/mol. The van der Waals surface area contributed by atoms with E-state index in [1.807, 2.05) is 48.1 Å². The molecule has 0 aliphatic carbocycles. The largest absolute Gasteiger partial charge is 0.354 e. The summed E-state index contributed by atoms with van der Waals surface area (Å²) in [5.41, 5.74) is 2.35. The van der Waals surface area contributed by atoms with Crippen LogP contribution in [0.5, 0.6) is 0 Å². The first-order valence-corrected chi connectivity index (χ1v) is 10.1. The number of ketones is 1. The molecule has 0 amide bonds. The molecule has 0 bridgehead atoms. The first-order chi connectivity index (χ1) is 12.0. The lowest BCUT2D eigenvalue weighted by molar-refractivity contribution is -0.117. The number of Topliss-reactive ketones (excluding diaryl/α,β-unsaturated/α-hetero) is 1. The summed E-state index contributed by atoms with van der Waals surface area (Å²) in [7, 11) is 1.28. The van der Waals surface area contributed by atoms with Gasteiger partial charge in [0.1, 0.15) is 11.9 Å². The molecular formula is C19H26NO4P. The van der Waals surface area contributed by atoms with Gasteiger partial charge >= 0.3 is 7.60 Å². The second-order valence-corrected chi connectivity index (χ2v) is 8.41. The van der Waals surface area contributed by atoms with Crippen LogP contribution >= 0.6 is 7.60 Å². The number of aromatic nitrogens is 1. The minimum atomic E-state index is -3.32. The van der Waals surface area contributed by atoms with Gasteiger partial charge in [-0.05, 0) is 30.5 Å². The highest BCUT2D eigenvalue weighted by Crippen LogP contribution is 2.46. The van der Waals surface area contributed by atoms with E-state index < -0.39 is 7.60 Å². The molecule has 25 heavy (non-hydrogen) atoms. The molecule has 0 aliphatic heterocycles. The van der Waals surface area contributed by atoms with E-state index >= 15 is 0 Å². The predicted molar refractivity (Wildman–Crippen MR) is 99.0 cm³/mol. The summed E-state index contributed by atoms with van der Waals surface area (Å²) in [5, 5.41) is 0. The van der Waals surface area contributed by atoms with Crippen molar-refractivity contribution in [3.8, 4) is 0 Å². The molecule has 1 heterocycles.